The predicted molar refractivity (Wildman–Crippen MR) is 109 cm³/mol. The number of anilines is 1. The first kappa shape index (κ1) is 18.9. The molecule has 2 atom stereocenters. The van der Waals surface area contributed by atoms with E-state index in [9.17, 15) is 9.50 Å². The fourth-order valence-electron chi connectivity index (χ4n) is 4.35. The van der Waals surface area contributed by atoms with Crippen molar-refractivity contribution in [2.45, 2.75) is 32.0 Å². The lowest BCUT2D eigenvalue weighted by atomic mass is 9.99. The number of hydrogen-bond acceptors (Lipinski definition) is 5. The molecule has 0 amide bonds. The van der Waals surface area contributed by atoms with Crippen LogP contribution in [0.5, 0.6) is 0 Å². The van der Waals surface area contributed by atoms with Crippen molar-refractivity contribution in [3.05, 3.63) is 52.0 Å². The van der Waals surface area contributed by atoms with E-state index < -0.39 is 0 Å². The topological polar surface area (TPSA) is 30.0 Å². The van der Waals surface area contributed by atoms with E-state index in [4.69, 9.17) is 0 Å². The Labute approximate surface area is 164 Å². The smallest absolute Gasteiger partial charge is 0.146 e. The van der Waals surface area contributed by atoms with Gasteiger partial charge in [0.25, 0.3) is 0 Å². The molecule has 0 spiro atoms. The molecule has 146 valence electrons. The van der Waals surface area contributed by atoms with Crippen LogP contribution in [0.15, 0.2) is 36.4 Å². The first-order valence-corrected chi connectivity index (χ1v) is 10.6. The number of piperazine rings is 1. The average molecular weight is 390 g/mol. The van der Waals surface area contributed by atoms with Crippen LogP contribution in [0.25, 0.3) is 0 Å². The number of halogens is 1. The summed E-state index contributed by atoms with van der Waals surface area (Å²) in [6.45, 7) is 8.19. The Balaban J connectivity index is 1.30. The summed E-state index contributed by atoms with van der Waals surface area (Å²) in [6.07, 6.45) is 0.672. The van der Waals surface area contributed by atoms with E-state index in [1.807, 2.05) is 23.5 Å². The van der Waals surface area contributed by atoms with Gasteiger partial charge in [-0.15, -0.1) is 11.3 Å². The van der Waals surface area contributed by atoms with Crippen LogP contribution in [0.3, 0.4) is 0 Å². The number of thiophene rings is 1. The number of benzene rings is 1. The molecule has 27 heavy (non-hydrogen) atoms. The summed E-state index contributed by atoms with van der Waals surface area (Å²) in [5, 5.41) is 10.7. The van der Waals surface area contributed by atoms with Crippen LogP contribution >= 0.6 is 11.3 Å². The van der Waals surface area contributed by atoms with Crippen LogP contribution in [0.2, 0.25) is 0 Å². The summed E-state index contributed by atoms with van der Waals surface area (Å²) in [4.78, 5) is 9.59. The number of aliphatic hydroxyl groups excluding tert-OH is 1. The fraction of sp³-hybridized carbons (Fsp3) is 0.524. The summed E-state index contributed by atoms with van der Waals surface area (Å²) >= 11 is 1.84. The first-order chi connectivity index (χ1) is 13.1. The van der Waals surface area contributed by atoms with Gasteiger partial charge in [-0.05, 0) is 37.6 Å². The quantitative estimate of drug-likeness (QED) is 0.871. The lowest BCUT2D eigenvalue weighted by Crippen LogP contribution is -2.58. The van der Waals surface area contributed by atoms with E-state index >= 15 is 0 Å². The van der Waals surface area contributed by atoms with Crippen LogP contribution in [-0.2, 0) is 6.54 Å². The van der Waals surface area contributed by atoms with Gasteiger partial charge in [-0.25, -0.2) is 4.39 Å². The minimum Gasteiger partial charge on any atom is -0.390 e. The molecule has 0 aliphatic carbocycles. The molecule has 2 aromatic rings. The molecule has 4 rings (SSSR count). The van der Waals surface area contributed by atoms with E-state index in [0.717, 1.165) is 52.2 Å². The molecule has 2 fully saturated rings. The molecule has 2 aliphatic rings. The van der Waals surface area contributed by atoms with E-state index in [1.54, 1.807) is 6.07 Å². The van der Waals surface area contributed by atoms with Crippen LogP contribution in [0.1, 0.15) is 16.2 Å². The number of β-amino-alcohol motifs (C(OH)–C–C–N with tert-alkyl or cyclic N) is 1. The van der Waals surface area contributed by atoms with Gasteiger partial charge in [0.15, 0.2) is 0 Å². The maximum Gasteiger partial charge on any atom is 0.146 e. The maximum absolute atomic E-state index is 14.0. The molecule has 2 aliphatic heterocycles. The zero-order valence-corrected chi connectivity index (χ0v) is 16.7. The molecule has 0 radical (unpaired) electrons. The Morgan fingerprint density at radius 3 is 2.52 bits per heavy atom. The Morgan fingerprint density at radius 2 is 1.85 bits per heavy atom. The third-order valence-corrected chi connectivity index (χ3v) is 6.77. The summed E-state index contributed by atoms with van der Waals surface area (Å²) in [5.41, 5.74) is 0.693. The molecule has 1 N–H and O–H groups in total. The third kappa shape index (κ3) is 4.35. The van der Waals surface area contributed by atoms with Crippen LogP contribution in [0, 0.1) is 12.7 Å². The zero-order valence-electron chi connectivity index (χ0n) is 15.9. The molecule has 6 heteroatoms. The molecule has 3 heterocycles. The second kappa shape index (κ2) is 8.27. The van der Waals surface area contributed by atoms with E-state index in [0.29, 0.717) is 5.69 Å². The van der Waals surface area contributed by atoms with Crippen molar-refractivity contribution in [1.29, 1.82) is 0 Å². The van der Waals surface area contributed by atoms with E-state index in [-0.39, 0.29) is 18.0 Å². The van der Waals surface area contributed by atoms with Gasteiger partial charge >= 0.3 is 0 Å². The number of aliphatic hydroxyl groups is 1. The number of rotatable bonds is 4. The monoisotopic (exact) mass is 389 g/mol. The van der Waals surface area contributed by atoms with Crippen LogP contribution in [0.4, 0.5) is 10.1 Å². The Morgan fingerprint density at radius 1 is 1.07 bits per heavy atom. The summed E-state index contributed by atoms with van der Waals surface area (Å²) in [7, 11) is 0. The van der Waals surface area contributed by atoms with Gasteiger partial charge < -0.3 is 10.0 Å². The SMILES string of the molecule is Cc1ccc(CN2CC[C@@H](N3CCN(c4ccccc4F)CC3)[C@H](O)C2)s1. The normalized spacial score (nSPS) is 25.1. The lowest BCUT2D eigenvalue weighted by molar-refractivity contribution is -0.0169. The molecule has 0 unspecified atom stereocenters. The number of likely N-dealkylation sites (tertiary alicyclic amines) is 1. The molecule has 1 aromatic heterocycles. The number of para-hydroxylation sites is 1. The predicted octanol–water partition coefficient (Wildman–Crippen LogP) is 2.95. The highest BCUT2D eigenvalue weighted by atomic mass is 32.1. The molecule has 0 bridgehead atoms. The minimum atomic E-state index is -0.320. The van der Waals surface area contributed by atoms with Gasteiger partial charge in [0.05, 0.1) is 11.8 Å². The Hall–Kier alpha value is -1.47. The molecule has 4 nitrogen and oxygen atoms in total. The van der Waals surface area contributed by atoms with Crippen LogP contribution < -0.4 is 4.90 Å². The summed E-state index contributed by atoms with van der Waals surface area (Å²) < 4.78 is 14.0. The van der Waals surface area contributed by atoms with Crippen molar-refractivity contribution in [3.63, 3.8) is 0 Å². The average Bonchev–Trinajstić information content (AvgIpc) is 3.07. The molecular weight excluding hydrogens is 361 g/mol. The number of nitrogens with zero attached hydrogens (tertiary/aromatic N) is 3. The van der Waals surface area contributed by atoms with Gasteiger partial charge in [0.2, 0.25) is 0 Å². The highest BCUT2D eigenvalue weighted by Gasteiger charge is 2.34. The van der Waals surface area contributed by atoms with Crippen molar-refractivity contribution in [3.8, 4) is 0 Å². The van der Waals surface area contributed by atoms with Gasteiger partial charge in [-0.1, -0.05) is 12.1 Å². The number of aryl methyl sites for hydroxylation is 1. The van der Waals surface area contributed by atoms with Crippen molar-refractivity contribution in [2.75, 3.05) is 44.2 Å². The van der Waals surface area contributed by atoms with Crippen molar-refractivity contribution < 1.29 is 9.50 Å². The van der Waals surface area contributed by atoms with Crippen LogP contribution in [-0.4, -0.2) is 66.3 Å². The molecule has 2 saturated heterocycles. The van der Waals surface area contributed by atoms with Gasteiger partial charge in [0, 0.05) is 61.6 Å². The molecule has 1 aromatic carbocycles. The summed E-state index contributed by atoms with van der Waals surface area (Å²) in [6, 6.07) is 11.6. The third-order valence-electron chi connectivity index (χ3n) is 5.78. The largest absolute Gasteiger partial charge is 0.390 e. The second-order valence-electron chi connectivity index (χ2n) is 7.65. The Kier molecular flexibility index (Phi) is 5.78. The standard InChI is InChI=1S/C21H28FN3OS/c1-16-6-7-17(27-16)14-23-9-8-20(21(26)15-23)25-12-10-24(11-13-25)19-5-3-2-4-18(19)22/h2-7,20-21,26H,8-15H2,1H3/t20-,21-/m1/s1. The van der Waals surface area contributed by atoms with Gasteiger partial charge in [-0.3, -0.25) is 9.80 Å². The lowest BCUT2D eigenvalue weighted by Gasteiger charge is -2.45. The minimum absolute atomic E-state index is 0.150. The summed E-state index contributed by atoms with van der Waals surface area (Å²) in [5.74, 6) is -0.150. The van der Waals surface area contributed by atoms with Crippen molar-refractivity contribution in [2.24, 2.45) is 0 Å². The molecular formula is C21H28FN3OS. The van der Waals surface area contributed by atoms with E-state index in [1.165, 1.54) is 15.8 Å². The first-order valence-electron chi connectivity index (χ1n) is 9.79. The highest BCUT2D eigenvalue weighted by molar-refractivity contribution is 7.11. The van der Waals surface area contributed by atoms with E-state index in [2.05, 4.69) is 33.8 Å². The second-order valence-corrected chi connectivity index (χ2v) is 9.02. The van der Waals surface area contributed by atoms with Gasteiger partial charge in [0.1, 0.15) is 5.82 Å². The van der Waals surface area contributed by atoms with Crippen molar-refractivity contribution in [1.82, 2.24) is 9.80 Å². The molecule has 0 saturated carbocycles. The Bertz CT molecular complexity index is 759. The fourth-order valence-corrected chi connectivity index (χ4v) is 5.28. The number of hydrogen-bond donors (Lipinski definition) is 1. The van der Waals surface area contributed by atoms with Gasteiger partial charge in [-0.2, -0.15) is 0 Å². The highest BCUT2D eigenvalue weighted by Crippen LogP contribution is 2.25. The maximum atomic E-state index is 14.0. The number of piperidine rings is 1. The zero-order chi connectivity index (χ0) is 18.8. The van der Waals surface area contributed by atoms with Crippen molar-refractivity contribution >= 4 is 17.0 Å².